The monoisotopic (exact) mass is 543 g/mol. The van der Waals surface area contributed by atoms with Crippen LogP contribution < -0.4 is 21.5 Å². The molecule has 0 radical (unpaired) electrons. The van der Waals surface area contributed by atoms with E-state index in [0.29, 0.717) is 28.2 Å². The SMILES string of the molecule is CC(Oc1cc(-c2cnn(C3CCNCC3)c2)cnc1N)c1c(Cl)ccc(F)c1Cl.Nc1ccccn1. The number of nitrogen functional groups attached to an aromatic ring is 2. The maximum atomic E-state index is 13.9. The number of rotatable bonds is 5. The largest absolute Gasteiger partial charge is 0.482 e. The molecule has 1 atom stereocenters. The summed E-state index contributed by atoms with van der Waals surface area (Å²) in [5.74, 6) is 0.602. The number of hydrogen-bond acceptors (Lipinski definition) is 7. The highest BCUT2D eigenvalue weighted by Crippen LogP contribution is 2.37. The average Bonchev–Trinajstić information content (AvgIpc) is 3.40. The first-order valence-electron chi connectivity index (χ1n) is 11.8. The molecule has 1 unspecified atom stereocenters. The van der Waals surface area contributed by atoms with Crippen LogP contribution in [0.1, 0.15) is 37.5 Å². The smallest absolute Gasteiger partial charge is 0.166 e. The molecule has 0 spiro atoms. The number of benzene rings is 1. The Morgan fingerprint density at radius 1 is 1.08 bits per heavy atom. The zero-order valence-corrected chi connectivity index (χ0v) is 21.8. The van der Waals surface area contributed by atoms with Gasteiger partial charge in [-0.1, -0.05) is 29.3 Å². The van der Waals surface area contributed by atoms with Crippen molar-refractivity contribution in [2.45, 2.75) is 31.9 Å². The lowest BCUT2D eigenvalue weighted by Crippen LogP contribution is -2.29. The third-order valence-corrected chi connectivity index (χ3v) is 6.69. The molecule has 5 rings (SSSR count). The second-order valence-corrected chi connectivity index (χ2v) is 9.35. The molecule has 1 aromatic carbocycles. The fourth-order valence-electron chi connectivity index (χ4n) is 4.01. The summed E-state index contributed by atoms with van der Waals surface area (Å²) in [6.45, 7) is 3.71. The summed E-state index contributed by atoms with van der Waals surface area (Å²) in [7, 11) is 0. The molecule has 1 aliphatic rings. The fourth-order valence-corrected chi connectivity index (χ4v) is 4.68. The lowest BCUT2D eigenvalue weighted by molar-refractivity contribution is 0.227. The van der Waals surface area contributed by atoms with Crippen molar-refractivity contribution in [1.82, 2.24) is 25.1 Å². The Hall–Kier alpha value is -3.40. The minimum atomic E-state index is -0.627. The number of nitrogens with one attached hydrogen (secondary N) is 1. The van der Waals surface area contributed by atoms with Crippen LogP contribution in [0.2, 0.25) is 10.0 Å². The molecule has 37 heavy (non-hydrogen) atoms. The van der Waals surface area contributed by atoms with Gasteiger partial charge < -0.3 is 21.5 Å². The van der Waals surface area contributed by atoms with E-state index >= 15 is 0 Å². The van der Waals surface area contributed by atoms with Gasteiger partial charge in [0, 0.05) is 40.3 Å². The van der Waals surface area contributed by atoms with Crippen LogP contribution >= 0.6 is 23.2 Å². The van der Waals surface area contributed by atoms with Gasteiger partial charge >= 0.3 is 0 Å². The topological polar surface area (TPSA) is 117 Å². The van der Waals surface area contributed by atoms with Crippen LogP contribution in [0, 0.1) is 5.82 Å². The summed E-state index contributed by atoms with van der Waals surface area (Å²) in [6.07, 6.45) is 8.62. The van der Waals surface area contributed by atoms with Crippen LogP contribution in [-0.2, 0) is 0 Å². The quantitative estimate of drug-likeness (QED) is 0.276. The van der Waals surface area contributed by atoms with Crippen LogP contribution in [0.3, 0.4) is 0 Å². The van der Waals surface area contributed by atoms with Gasteiger partial charge in [-0.05, 0) is 63.2 Å². The lowest BCUT2D eigenvalue weighted by atomic mass is 10.1. The van der Waals surface area contributed by atoms with Crippen molar-refractivity contribution in [3.63, 3.8) is 0 Å². The summed E-state index contributed by atoms with van der Waals surface area (Å²) in [5, 5.41) is 8.13. The molecule has 0 bridgehead atoms. The van der Waals surface area contributed by atoms with Crippen molar-refractivity contribution in [2.24, 2.45) is 0 Å². The predicted octanol–water partition coefficient (Wildman–Crippen LogP) is 5.70. The Morgan fingerprint density at radius 3 is 2.54 bits per heavy atom. The van der Waals surface area contributed by atoms with E-state index in [1.165, 1.54) is 12.1 Å². The molecule has 0 amide bonds. The van der Waals surface area contributed by atoms with Gasteiger partial charge in [0.15, 0.2) is 11.6 Å². The Morgan fingerprint density at radius 2 is 1.86 bits per heavy atom. The number of piperidine rings is 1. The second-order valence-electron chi connectivity index (χ2n) is 8.57. The molecule has 8 nitrogen and oxygen atoms in total. The van der Waals surface area contributed by atoms with Gasteiger partial charge in [-0.15, -0.1) is 0 Å². The highest BCUT2D eigenvalue weighted by atomic mass is 35.5. The van der Waals surface area contributed by atoms with Gasteiger partial charge in [0.2, 0.25) is 0 Å². The molecule has 1 fully saturated rings. The molecule has 1 aliphatic heterocycles. The molecular weight excluding hydrogens is 516 g/mol. The van der Waals surface area contributed by atoms with E-state index in [1.807, 2.05) is 29.2 Å². The van der Waals surface area contributed by atoms with Crippen LogP contribution in [-0.4, -0.2) is 32.8 Å². The third kappa shape index (κ3) is 6.68. The minimum absolute atomic E-state index is 0.0686. The summed E-state index contributed by atoms with van der Waals surface area (Å²) in [4.78, 5) is 8.01. The molecule has 4 heterocycles. The van der Waals surface area contributed by atoms with E-state index in [-0.39, 0.29) is 10.8 Å². The van der Waals surface area contributed by atoms with Crippen LogP contribution in [0.25, 0.3) is 11.1 Å². The number of pyridine rings is 2. The normalized spacial score (nSPS) is 14.5. The molecule has 5 N–H and O–H groups in total. The fraction of sp³-hybridized carbons (Fsp3) is 0.269. The van der Waals surface area contributed by atoms with Gasteiger partial charge in [-0.25, -0.2) is 14.4 Å². The number of nitrogens with two attached hydrogens (primary N) is 2. The van der Waals surface area contributed by atoms with Crippen LogP contribution in [0.5, 0.6) is 5.75 Å². The van der Waals surface area contributed by atoms with Crippen molar-refractivity contribution in [3.8, 4) is 16.9 Å². The van der Waals surface area contributed by atoms with Gasteiger partial charge in [0.1, 0.15) is 17.7 Å². The summed E-state index contributed by atoms with van der Waals surface area (Å²) < 4.78 is 21.9. The van der Waals surface area contributed by atoms with Gasteiger partial charge in [-0.2, -0.15) is 5.10 Å². The molecular formula is C26H28Cl2FN7O. The number of aromatic nitrogens is 4. The highest BCUT2D eigenvalue weighted by molar-refractivity contribution is 6.36. The Bertz CT molecular complexity index is 1330. The number of anilines is 2. The number of hydrogen-bond donors (Lipinski definition) is 3. The van der Waals surface area contributed by atoms with E-state index in [9.17, 15) is 4.39 Å². The molecule has 194 valence electrons. The Balaban J connectivity index is 0.000000396. The van der Waals surface area contributed by atoms with Crippen LogP contribution in [0.4, 0.5) is 16.0 Å². The molecule has 0 saturated carbocycles. The highest BCUT2D eigenvalue weighted by Gasteiger charge is 2.21. The lowest BCUT2D eigenvalue weighted by Gasteiger charge is -2.22. The minimum Gasteiger partial charge on any atom is -0.482 e. The predicted molar refractivity (Wildman–Crippen MR) is 145 cm³/mol. The Kier molecular flexibility index (Phi) is 8.81. The molecule has 1 saturated heterocycles. The van der Waals surface area contributed by atoms with Crippen LogP contribution in [0.15, 0.2) is 61.2 Å². The second kappa shape index (κ2) is 12.2. The standard InChI is InChI=1S/C21H22Cl2FN5O.C5H6N2/c1-12(19-16(22)2-3-17(24)20(19)23)30-18-8-13(9-27-21(18)25)14-10-28-29(11-14)15-4-6-26-7-5-15;6-5-3-1-2-4-7-5/h2-3,8-12,15,26H,4-7H2,1H3,(H2,25,27);1-4H,(H2,6,7). The maximum absolute atomic E-state index is 13.9. The zero-order valence-electron chi connectivity index (χ0n) is 20.2. The summed E-state index contributed by atoms with van der Waals surface area (Å²) >= 11 is 12.3. The number of nitrogens with zero attached hydrogens (tertiary/aromatic N) is 4. The number of halogens is 3. The maximum Gasteiger partial charge on any atom is 0.166 e. The third-order valence-electron chi connectivity index (χ3n) is 5.98. The van der Waals surface area contributed by atoms with Crippen molar-refractivity contribution < 1.29 is 9.13 Å². The number of ether oxygens (including phenoxy) is 1. The molecule has 4 aromatic rings. The molecule has 11 heteroatoms. The van der Waals surface area contributed by atoms with E-state index in [4.69, 9.17) is 39.4 Å². The summed E-state index contributed by atoms with van der Waals surface area (Å²) in [5.41, 5.74) is 13.4. The van der Waals surface area contributed by atoms with E-state index < -0.39 is 11.9 Å². The van der Waals surface area contributed by atoms with Gasteiger partial charge in [-0.3, -0.25) is 4.68 Å². The summed E-state index contributed by atoms with van der Waals surface area (Å²) in [6, 6.07) is 10.3. The van der Waals surface area contributed by atoms with E-state index in [0.717, 1.165) is 37.1 Å². The van der Waals surface area contributed by atoms with Crippen molar-refractivity contribution >= 4 is 34.8 Å². The Labute approximate surface area is 224 Å². The molecule has 0 aliphatic carbocycles. The van der Waals surface area contributed by atoms with Gasteiger partial charge in [0.25, 0.3) is 0 Å². The average molecular weight is 544 g/mol. The molecule has 3 aromatic heterocycles. The van der Waals surface area contributed by atoms with Crippen molar-refractivity contribution in [1.29, 1.82) is 0 Å². The van der Waals surface area contributed by atoms with E-state index in [2.05, 4.69) is 20.4 Å². The van der Waals surface area contributed by atoms with Gasteiger partial charge in [0.05, 0.1) is 17.3 Å². The zero-order chi connectivity index (χ0) is 26.4. The van der Waals surface area contributed by atoms with E-state index in [1.54, 1.807) is 31.5 Å². The van der Waals surface area contributed by atoms with Crippen molar-refractivity contribution in [2.75, 3.05) is 24.6 Å². The first-order chi connectivity index (χ1) is 17.8. The first-order valence-corrected chi connectivity index (χ1v) is 12.6. The van der Waals surface area contributed by atoms with Crippen molar-refractivity contribution in [3.05, 3.63) is 82.6 Å². The first kappa shape index (κ1) is 26.7.